The lowest BCUT2D eigenvalue weighted by Gasteiger charge is -2.40. The summed E-state index contributed by atoms with van der Waals surface area (Å²) >= 11 is 0. The van der Waals surface area contributed by atoms with E-state index in [-0.39, 0.29) is 12.1 Å². The van der Waals surface area contributed by atoms with E-state index in [2.05, 4.69) is 27.7 Å². The van der Waals surface area contributed by atoms with Gasteiger partial charge in [-0.3, -0.25) is 4.79 Å². The maximum Gasteiger partial charge on any atom is 0.318 e. The number of quaternary nitrogens is 1. The molecule has 0 aromatic heterocycles. The molecule has 2 aromatic carbocycles. The molecule has 1 atom stereocenters. The van der Waals surface area contributed by atoms with Gasteiger partial charge in [-0.1, -0.05) is 64.1 Å². The zero-order chi connectivity index (χ0) is 22.3. The molecular formula is C27H38NO3+. The van der Waals surface area contributed by atoms with Crippen molar-refractivity contribution >= 4 is 5.97 Å². The van der Waals surface area contributed by atoms with E-state index in [9.17, 15) is 4.79 Å². The van der Waals surface area contributed by atoms with Crippen LogP contribution in [0, 0.1) is 0 Å². The smallest absolute Gasteiger partial charge is 0.318 e. The summed E-state index contributed by atoms with van der Waals surface area (Å²) in [6.45, 7) is 13.2. The number of carbonyl (C=O) groups excluding carboxylic acids is 1. The van der Waals surface area contributed by atoms with Gasteiger partial charge in [0.15, 0.2) is 6.10 Å². The van der Waals surface area contributed by atoms with Crippen molar-refractivity contribution in [3.63, 3.8) is 0 Å². The number of nitrogens with zero attached hydrogens (tertiary/aromatic N) is 1. The first-order valence-electron chi connectivity index (χ1n) is 12.0. The van der Waals surface area contributed by atoms with Gasteiger partial charge in [-0.15, -0.1) is 0 Å². The van der Waals surface area contributed by atoms with Gasteiger partial charge >= 0.3 is 5.97 Å². The van der Waals surface area contributed by atoms with Gasteiger partial charge in [0.25, 0.3) is 0 Å². The molecule has 0 spiro atoms. The van der Waals surface area contributed by atoms with Gasteiger partial charge in [0, 0.05) is 11.1 Å². The molecule has 0 fully saturated rings. The summed E-state index contributed by atoms with van der Waals surface area (Å²) in [7, 11) is 0. The third-order valence-electron chi connectivity index (χ3n) is 6.34. The van der Waals surface area contributed by atoms with E-state index in [1.54, 1.807) is 0 Å². The first-order chi connectivity index (χ1) is 15.1. The predicted octanol–water partition coefficient (Wildman–Crippen LogP) is 6.29. The minimum Gasteiger partial charge on any atom is -0.457 e. The standard InChI is InChI=1S/C27H38NO3/c1-5-17-28(18-6-2,19-7-3)20-21(8-4)30-27(29)26-22-13-9-11-15-24(22)31-25-16-12-10-14-23(25)26/h9-16,21,26H,5-8,17-20H2,1-4H3/q+1. The molecule has 0 radical (unpaired) electrons. The second-order valence-electron chi connectivity index (χ2n) is 8.77. The Hall–Kier alpha value is -2.33. The Morgan fingerprint density at radius 3 is 1.81 bits per heavy atom. The van der Waals surface area contributed by atoms with E-state index in [1.165, 1.54) is 0 Å². The highest BCUT2D eigenvalue weighted by molar-refractivity contribution is 5.85. The van der Waals surface area contributed by atoms with Gasteiger partial charge in [-0.2, -0.15) is 0 Å². The van der Waals surface area contributed by atoms with Gasteiger partial charge in [0.05, 0.1) is 19.6 Å². The normalized spacial score (nSPS) is 14.3. The highest BCUT2D eigenvalue weighted by Gasteiger charge is 2.36. The third-order valence-corrected chi connectivity index (χ3v) is 6.34. The average molecular weight is 425 g/mol. The van der Waals surface area contributed by atoms with Crippen molar-refractivity contribution < 1.29 is 18.8 Å². The van der Waals surface area contributed by atoms with E-state index in [1.807, 2.05) is 48.5 Å². The van der Waals surface area contributed by atoms with Crippen molar-refractivity contribution in [2.45, 2.75) is 65.4 Å². The summed E-state index contributed by atoms with van der Waals surface area (Å²) in [4.78, 5) is 13.6. The zero-order valence-electron chi connectivity index (χ0n) is 19.6. The lowest BCUT2D eigenvalue weighted by Crippen LogP contribution is -2.54. The summed E-state index contributed by atoms with van der Waals surface area (Å²) in [5.74, 6) is 0.867. The number of carbonyl (C=O) groups is 1. The summed E-state index contributed by atoms with van der Waals surface area (Å²) in [5.41, 5.74) is 1.77. The largest absolute Gasteiger partial charge is 0.457 e. The third kappa shape index (κ3) is 5.30. The highest BCUT2D eigenvalue weighted by Crippen LogP contribution is 2.44. The summed E-state index contributed by atoms with van der Waals surface area (Å²) in [6.07, 6.45) is 4.18. The van der Waals surface area contributed by atoms with Crippen LogP contribution in [0.2, 0.25) is 0 Å². The fraction of sp³-hybridized carbons (Fsp3) is 0.519. The first kappa shape index (κ1) is 23.3. The fourth-order valence-electron chi connectivity index (χ4n) is 5.11. The molecule has 1 unspecified atom stereocenters. The van der Waals surface area contributed by atoms with E-state index in [0.717, 1.165) is 79.0 Å². The SMILES string of the molecule is CCC[N+](CCC)(CCC)CC(CC)OC(=O)C1c2ccccc2Oc2ccccc21. The average Bonchev–Trinajstić information content (AvgIpc) is 2.77. The quantitative estimate of drug-likeness (QED) is 0.314. The van der Waals surface area contributed by atoms with Crippen LogP contribution in [0.4, 0.5) is 0 Å². The molecule has 1 aliphatic heterocycles. The maximum absolute atomic E-state index is 13.6. The molecule has 3 rings (SSSR count). The Morgan fingerprint density at radius 2 is 1.35 bits per heavy atom. The highest BCUT2D eigenvalue weighted by atomic mass is 16.5. The number of benzene rings is 2. The van der Waals surface area contributed by atoms with Crippen LogP contribution in [-0.4, -0.2) is 42.7 Å². The molecule has 0 aliphatic carbocycles. The molecule has 4 nitrogen and oxygen atoms in total. The van der Waals surface area contributed by atoms with Crippen molar-refractivity contribution in [2.75, 3.05) is 26.2 Å². The van der Waals surface area contributed by atoms with Crippen molar-refractivity contribution in [2.24, 2.45) is 0 Å². The number of fused-ring (bicyclic) bond motifs is 2. The zero-order valence-corrected chi connectivity index (χ0v) is 19.6. The molecule has 0 bridgehead atoms. The van der Waals surface area contributed by atoms with E-state index in [4.69, 9.17) is 9.47 Å². The van der Waals surface area contributed by atoms with Crippen molar-refractivity contribution in [1.29, 1.82) is 0 Å². The van der Waals surface area contributed by atoms with Crippen LogP contribution in [0.15, 0.2) is 48.5 Å². The van der Waals surface area contributed by atoms with Gasteiger partial charge in [0.2, 0.25) is 0 Å². The Labute approximate surface area is 187 Å². The minimum atomic E-state index is -0.444. The molecule has 0 N–H and O–H groups in total. The Kier molecular flexibility index (Phi) is 8.14. The molecule has 1 heterocycles. The molecule has 0 saturated carbocycles. The molecule has 4 heteroatoms. The number of hydrogen-bond acceptors (Lipinski definition) is 3. The monoisotopic (exact) mass is 424 g/mol. The second kappa shape index (κ2) is 10.8. The Balaban J connectivity index is 1.86. The van der Waals surface area contributed by atoms with Crippen LogP contribution in [0.5, 0.6) is 11.5 Å². The molecule has 0 amide bonds. The molecule has 0 saturated heterocycles. The van der Waals surface area contributed by atoms with Crippen LogP contribution in [0.3, 0.4) is 0 Å². The predicted molar refractivity (Wildman–Crippen MR) is 126 cm³/mol. The summed E-state index contributed by atoms with van der Waals surface area (Å²) in [6, 6.07) is 15.6. The summed E-state index contributed by atoms with van der Waals surface area (Å²) in [5, 5.41) is 0. The van der Waals surface area contributed by atoms with Gasteiger partial charge in [0.1, 0.15) is 24.0 Å². The summed E-state index contributed by atoms with van der Waals surface area (Å²) < 4.78 is 13.3. The second-order valence-corrected chi connectivity index (χ2v) is 8.77. The molecular weight excluding hydrogens is 386 g/mol. The van der Waals surface area contributed by atoms with Crippen molar-refractivity contribution in [1.82, 2.24) is 0 Å². The van der Waals surface area contributed by atoms with E-state index >= 15 is 0 Å². The lowest BCUT2D eigenvalue weighted by molar-refractivity contribution is -0.931. The number of esters is 1. The Bertz CT molecular complexity index is 801. The van der Waals surface area contributed by atoms with Gasteiger partial charge in [-0.25, -0.2) is 0 Å². The van der Waals surface area contributed by atoms with Crippen molar-refractivity contribution in [3.05, 3.63) is 59.7 Å². The fourth-order valence-corrected chi connectivity index (χ4v) is 5.11. The number of rotatable bonds is 11. The molecule has 1 aliphatic rings. The van der Waals surface area contributed by atoms with Crippen LogP contribution < -0.4 is 4.74 Å². The van der Waals surface area contributed by atoms with Crippen LogP contribution in [0.25, 0.3) is 0 Å². The van der Waals surface area contributed by atoms with Crippen LogP contribution in [0.1, 0.15) is 70.4 Å². The lowest BCUT2D eigenvalue weighted by atomic mass is 9.88. The molecule has 168 valence electrons. The van der Waals surface area contributed by atoms with Crippen molar-refractivity contribution in [3.8, 4) is 11.5 Å². The first-order valence-corrected chi connectivity index (χ1v) is 12.0. The number of hydrogen-bond donors (Lipinski definition) is 0. The number of ether oxygens (including phenoxy) is 2. The van der Waals surface area contributed by atoms with Gasteiger partial charge < -0.3 is 14.0 Å². The maximum atomic E-state index is 13.6. The van der Waals surface area contributed by atoms with Crippen LogP contribution in [-0.2, 0) is 9.53 Å². The van der Waals surface area contributed by atoms with Gasteiger partial charge in [-0.05, 0) is 37.8 Å². The topological polar surface area (TPSA) is 35.5 Å². The number of para-hydroxylation sites is 2. The Morgan fingerprint density at radius 1 is 0.871 bits per heavy atom. The molecule has 2 aromatic rings. The molecule has 31 heavy (non-hydrogen) atoms. The van der Waals surface area contributed by atoms with E-state index in [0.29, 0.717) is 0 Å². The van der Waals surface area contributed by atoms with E-state index < -0.39 is 5.92 Å². The van der Waals surface area contributed by atoms with Crippen LogP contribution >= 0.6 is 0 Å². The minimum absolute atomic E-state index is 0.0840.